The lowest BCUT2D eigenvalue weighted by Gasteiger charge is -2.22. The van der Waals surface area contributed by atoms with Gasteiger partial charge in [0.2, 0.25) is 10.0 Å². The van der Waals surface area contributed by atoms with Crippen molar-refractivity contribution in [2.45, 2.75) is 31.1 Å². The van der Waals surface area contributed by atoms with E-state index in [1.807, 2.05) is 20.8 Å². The van der Waals surface area contributed by atoms with Crippen LogP contribution < -0.4 is 10.9 Å². The van der Waals surface area contributed by atoms with Gasteiger partial charge in [0.1, 0.15) is 4.90 Å². The average molecular weight is 244 g/mol. The molecule has 0 aromatic heterocycles. The van der Waals surface area contributed by atoms with Crippen molar-refractivity contribution in [1.82, 2.24) is 0 Å². The molecule has 0 aliphatic carbocycles. The van der Waals surface area contributed by atoms with Crippen LogP contribution in [0.1, 0.15) is 26.3 Å². The van der Waals surface area contributed by atoms with Gasteiger partial charge in [0.25, 0.3) is 0 Å². The first-order valence-electron chi connectivity index (χ1n) is 4.70. The maximum atomic E-state index is 11.1. The minimum atomic E-state index is -3.95. The molecule has 0 aliphatic heterocycles. The molecule has 5 nitrogen and oxygen atoms in total. The number of sulfonamides is 1. The molecule has 0 fully saturated rings. The van der Waals surface area contributed by atoms with Crippen LogP contribution >= 0.6 is 0 Å². The number of nitrogens with two attached hydrogens (primary N) is 2. The van der Waals surface area contributed by atoms with Crippen molar-refractivity contribution in [1.29, 1.82) is 0 Å². The molecule has 0 amide bonds. The molecule has 0 heterocycles. The van der Waals surface area contributed by atoms with Crippen LogP contribution in [0.25, 0.3) is 0 Å². The van der Waals surface area contributed by atoms with Crippen LogP contribution in [0, 0.1) is 0 Å². The second-order valence-electron chi connectivity index (χ2n) is 4.67. The van der Waals surface area contributed by atoms with Gasteiger partial charge in [-0.15, -0.1) is 0 Å². The summed E-state index contributed by atoms with van der Waals surface area (Å²) in [6.45, 7) is 5.73. The molecule has 0 saturated heterocycles. The van der Waals surface area contributed by atoms with Gasteiger partial charge in [0.05, 0.1) is 5.69 Å². The molecule has 1 aromatic rings. The summed E-state index contributed by atoms with van der Waals surface area (Å²) in [6.07, 6.45) is 0. The fraction of sp³-hybridized carbons (Fsp3) is 0.400. The standard InChI is InChI=1S/C10H16N2O3S/c1-10(2,3)6-4-5-7(16(12,14)15)9(13)8(6)11/h4-5,13H,11H2,1-3H3,(H2,12,14,15). The SMILES string of the molecule is CC(C)(C)c1ccc(S(N)(=O)=O)c(O)c1N. The minimum Gasteiger partial charge on any atom is -0.504 e. The van der Waals surface area contributed by atoms with E-state index in [-0.39, 0.29) is 16.0 Å². The van der Waals surface area contributed by atoms with Gasteiger partial charge in [0.15, 0.2) is 5.75 Å². The van der Waals surface area contributed by atoms with E-state index in [2.05, 4.69) is 0 Å². The number of benzene rings is 1. The molecule has 0 radical (unpaired) electrons. The highest BCUT2D eigenvalue weighted by Gasteiger charge is 2.23. The van der Waals surface area contributed by atoms with Crippen molar-refractivity contribution in [2.75, 3.05) is 5.73 Å². The molecule has 0 spiro atoms. The highest BCUT2D eigenvalue weighted by Crippen LogP contribution is 2.37. The number of primary sulfonamides is 1. The molecule has 0 aliphatic rings. The third-order valence-electron chi connectivity index (χ3n) is 2.29. The summed E-state index contributed by atoms with van der Waals surface area (Å²) < 4.78 is 22.3. The lowest BCUT2D eigenvalue weighted by Crippen LogP contribution is -2.17. The summed E-state index contributed by atoms with van der Waals surface area (Å²) in [5.74, 6) is -0.477. The number of aromatic hydroxyl groups is 1. The van der Waals surface area contributed by atoms with Crippen LogP contribution in [0.5, 0.6) is 5.75 Å². The van der Waals surface area contributed by atoms with Crippen LogP contribution in [-0.4, -0.2) is 13.5 Å². The molecule has 16 heavy (non-hydrogen) atoms. The second-order valence-corrected chi connectivity index (χ2v) is 6.20. The molecular weight excluding hydrogens is 228 g/mol. The van der Waals surface area contributed by atoms with Gasteiger partial charge in [-0.05, 0) is 17.0 Å². The summed E-state index contributed by atoms with van der Waals surface area (Å²) in [6, 6.07) is 2.83. The monoisotopic (exact) mass is 244 g/mol. The normalized spacial score (nSPS) is 12.8. The van der Waals surface area contributed by atoms with Crippen LogP contribution in [0.15, 0.2) is 17.0 Å². The van der Waals surface area contributed by atoms with Crippen molar-refractivity contribution in [3.63, 3.8) is 0 Å². The molecule has 0 saturated carbocycles. The Labute approximate surface area is 95.1 Å². The Morgan fingerprint density at radius 1 is 1.25 bits per heavy atom. The summed E-state index contributed by atoms with van der Waals surface area (Å²) in [7, 11) is -3.95. The molecule has 90 valence electrons. The highest BCUT2D eigenvalue weighted by molar-refractivity contribution is 7.89. The fourth-order valence-electron chi connectivity index (χ4n) is 1.47. The van der Waals surface area contributed by atoms with E-state index in [0.29, 0.717) is 5.56 Å². The lowest BCUT2D eigenvalue weighted by atomic mass is 9.86. The molecule has 0 bridgehead atoms. The summed E-state index contributed by atoms with van der Waals surface area (Å²) >= 11 is 0. The van der Waals surface area contributed by atoms with E-state index in [4.69, 9.17) is 10.9 Å². The van der Waals surface area contributed by atoms with Crippen molar-refractivity contribution in [3.8, 4) is 5.75 Å². The fourth-order valence-corrected chi connectivity index (χ4v) is 2.11. The maximum absolute atomic E-state index is 11.1. The van der Waals surface area contributed by atoms with Gasteiger partial charge in [-0.1, -0.05) is 26.8 Å². The average Bonchev–Trinajstić information content (AvgIpc) is 2.05. The third kappa shape index (κ3) is 2.28. The first-order valence-corrected chi connectivity index (χ1v) is 6.24. The van der Waals surface area contributed by atoms with Crippen molar-refractivity contribution < 1.29 is 13.5 Å². The van der Waals surface area contributed by atoms with Gasteiger partial charge in [-0.25, -0.2) is 13.6 Å². The lowest BCUT2D eigenvalue weighted by molar-refractivity contribution is 0.458. The van der Waals surface area contributed by atoms with E-state index < -0.39 is 15.8 Å². The van der Waals surface area contributed by atoms with Crippen LogP contribution in [0.4, 0.5) is 5.69 Å². The zero-order valence-corrected chi connectivity index (χ0v) is 10.3. The molecule has 0 atom stereocenters. The van der Waals surface area contributed by atoms with E-state index in [1.54, 1.807) is 6.07 Å². The Kier molecular flexibility index (Phi) is 2.91. The summed E-state index contributed by atoms with van der Waals surface area (Å²) in [5.41, 5.74) is 6.15. The van der Waals surface area contributed by atoms with E-state index in [9.17, 15) is 13.5 Å². The second kappa shape index (κ2) is 3.64. The first kappa shape index (κ1) is 12.8. The number of hydrogen-bond donors (Lipinski definition) is 3. The summed E-state index contributed by atoms with van der Waals surface area (Å²) in [5, 5.41) is 14.6. The number of phenolic OH excluding ortho intramolecular Hbond substituents is 1. The molecule has 0 unspecified atom stereocenters. The van der Waals surface area contributed by atoms with Gasteiger partial charge in [0, 0.05) is 0 Å². The Balaban J connectivity index is 3.54. The molecule has 1 aromatic carbocycles. The summed E-state index contributed by atoms with van der Waals surface area (Å²) in [4.78, 5) is -0.349. The van der Waals surface area contributed by atoms with Gasteiger partial charge >= 0.3 is 0 Å². The Morgan fingerprint density at radius 2 is 1.75 bits per heavy atom. The largest absolute Gasteiger partial charge is 0.504 e. The Bertz CT molecular complexity index is 516. The molecular formula is C10H16N2O3S. The van der Waals surface area contributed by atoms with Gasteiger partial charge in [-0.2, -0.15) is 0 Å². The van der Waals surface area contributed by atoms with Crippen LogP contribution in [0.3, 0.4) is 0 Å². The maximum Gasteiger partial charge on any atom is 0.241 e. The van der Waals surface area contributed by atoms with Crippen LogP contribution in [0.2, 0.25) is 0 Å². The number of nitrogen functional groups attached to an aromatic ring is 1. The van der Waals surface area contributed by atoms with Gasteiger partial charge in [-0.3, -0.25) is 0 Å². The Morgan fingerprint density at radius 3 is 2.12 bits per heavy atom. The van der Waals surface area contributed by atoms with Crippen molar-refractivity contribution in [3.05, 3.63) is 17.7 Å². The van der Waals surface area contributed by atoms with Crippen molar-refractivity contribution in [2.24, 2.45) is 5.14 Å². The zero-order valence-electron chi connectivity index (χ0n) is 9.48. The Hall–Kier alpha value is -1.27. The predicted molar refractivity (Wildman–Crippen MR) is 62.6 cm³/mol. The molecule has 1 rings (SSSR count). The first-order chi connectivity index (χ1) is 7.05. The zero-order chi connectivity index (χ0) is 12.7. The number of anilines is 1. The minimum absolute atomic E-state index is 0.0547. The van der Waals surface area contributed by atoms with E-state index >= 15 is 0 Å². The van der Waals surface area contributed by atoms with E-state index in [0.717, 1.165) is 0 Å². The number of phenols is 1. The smallest absolute Gasteiger partial charge is 0.241 e. The van der Waals surface area contributed by atoms with Gasteiger partial charge < -0.3 is 10.8 Å². The third-order valence-corrected chi connectivity index (χ3v) is 3.24. The number of rotatable bonds is 1. The quantitative estimate of drug-likeness (QED) is 0.504. The topological polar surface area (TPSA) is 106 Å². The van der Waals surface area contributed by atoms with E-state index in [1.165, 1.54) is 6.07 Å². The highest BCUT2D eigenvalue weighted by atomic mass is 32.2. The number of hydrogen-bond acceptors (Lipinski definition) is 4. The molecule has 6 heteroatoms. The predicted octanol–water partition coefficient (Wildman–Crippen LogP) is 0.919. The van der Waals surface area contributed by atoms with Crippen molar-refractivity contribution >= 4 is 15.7 Å². The van der Waals surface area contributed by atoms with Crippen LogP contribution in [-0.2, 0) is 15.4 Å². The molecule has 5 N–H and O–H groups in total.